The average Bonchev–Trinajstić information content (AvgIpc) is 2.39. The zero-order valence-electron chi connectivity index (χ0n) is 10.2. The number of halogens is 2. The summed E-state index contributed by atoms with van der Waals surface area (Å²) in [5.41, 5.74) is 0.878. The molecule has 0 aliphatic rings. The van der Waals surface area contributed by atoms with Crippen molar-refractivity contribution in [3.8, 4) is 0 Å². The van der Waals surface area contributed by atoms with Crippen LogP contribution in [-0.4, -0.2) is 10.9 Å². The van der Waals surface area contributed by atoms with Crippen LogP contribution in [0, 0.1) is 5.82 Å². The molecule has 0 unspecified atom stereocenters. The molecule has 0 bridgehead atoms. The molecule has 1 N–H and O–H groups in total. The van der Waals surface area contributed by atoms with E-state index in [1.807, 2.05) is 6.92 Å². The molecular weight excluding hydrogens is 267 g/mol. The van der Waals surface area contributed by atoms with Gasteiger partial charge in [-0.3, -0.25) is 9.78 Å². The van der Waals surface area contributed by atoms with Crippen LogP contribution in [0.1, 0.15) is 28.9 Å². The summed E-state index contributed by atoms with van der Waals surface area (Å²) in [7, 11) is 0. The zero-order chi connectivity index (χ0) is 13.8. The second-order valence-corrected chi connectivity index (χ2v) is 4.54. The van der Waals surface area contributed by atoms with Gasteiger partial charge in [0.15, 0.2) is 0 Å². The van der Waals surface area contributed by atoms with E-state index in [-0.39, 0.29) is 16.6 Å². The van der Waals surface area contributed by atoms with Crippen molar-refractivity contribution in [2.45, 2.75) is 13.0 Å². The lowest BCUT2D eigenvalue weighted by molar-refractivity contribution is 0.0936. The second-order valence-electron chi connectivity index (χ2n) is 4.10. The third-order valence-electron chi connectivity index (χ3n) is 2.73. The molecule has 0 fully saturated rings. The zero-order valence-corrected chi connectivity index (χ0v) is 11.0. The summed E-state index contributed by atoms with van der Waals surface area (Å²) in [6, 6.07) is 7.33. The molecule has 5 heteroatoms. The number of aromatic nitrogens is 1. The van der Waals surface area contributed by atoms with Crippen molar-refractivity contribution in [1.29, 1.82) is 0 Å². The maximum atomic E-state index is 13.6. The van der Waals surface area contributed by atoms with Crippen molar-refractivity contribution >= 4 is 17.5 Å². The molecule has 1 heterocycles. The van der Waals surface area contributed by atoms with E-state index in [4.69, 9.17) is 11.6 Å². The third-order valence-corrected chi connectivity index (χ3v) is 2.96. The number of carbonyl (C=O) groups excluding carboxylic acids is 1. The van der Waals surface area contributed by atoms with E-state index < -0.39 is 11.7 Å². The van der Waals surface area contributed by atoms with Gasteiger partial charge in [0.05, 0.1) is 11.6 Å². The number of nitrogens with zero attached hydrogens (tertiary/aromatic N) is 1. The highest BCUT2D eigenvalue weighted by molar-refractivity contribution is 6.30. The Hall–Kier alpha value is -1.94. The lowest BCUT2D eigenvalue weighted by atomic mass is 10.1. The Kier molecular flexibility index (Phi) is 4.12. The van der Waals surface area contributed by atoms with Crippen LogP contribution in [-0.2, 0) is 0 Å². The maximum absolute atomic E-state index is 13.6. The minimum absolute atomic E-state index is 0.0229. The Morgan fingerprint density at radius 1 is 1.32 bits per heavy atom. The van der Waals surface area contributed by atoms with Gasteiger partial charge in [0.2, 0.25) is 0 Å². The minimum atomic E-state index is -0.632. The van der Waals surface area contributed by atoms with Crippen LogP contribution < -0.4 is 5.32 Å². The van der Waals surface area contributed by atoms with Gasteiger partial charge in [0.1, 0.15) is 5.82 Å². The number of nitrogens with one attached hydrogen (secondary N) is 1. The molecule has 0 aliphatic heterocycles. The Bertz CT molecular complexity index is 589. The lowest BCUT2D eigenvalue weighted by Crippen LogP contribution is -2.27. The number of hydrogen-bond donors (Lipinski definition) is 1. The fourth-order valence-corrected chi connectivity index (χ4v) is 1.84. The van der Waals surface area contributed by atoms with Gasteiger partial charge in [-0.2, -0.15) is 0 Å². The van der Waals surface area contributed by atoms with E-state index in [1.165, 1.54) is 12.1 Å². The lowest BCUT2D eigenvalue weighted by Gasteiger charge is -2.14. The van der Waals surface area contributed by atoms with Gasteiger partial charge in [-0.25, -0.2) is 4.39 Å². The molecule has 3 nitrogen and oxygen atoms in total. The first-order valence-electron chi connectivity index (χ1n) is 5.74. The number of carbonyl (C=O) groups is 1. The summed E-state index contributed by atoms with van der Waals surface area (Å²) in [4.78, 5) is 15.9. The van der Waals surface area contributed by atoms with Crippen LogP contribution in [0.3, 0.4) is 0 Å². The van der Waals surface area contributed by atoms with Crippen LogP contribution in [0.5, 0.6) is 0 Å². The number of pyridine rings is 1. The van der Waals surface area contributed by atoms with E-state index in [0.29, 0.717) is 0 Å². The smallest absolute Gasteiger partial charge is 0.254 e. The molecule has 0 radical (unpaired) electrons. The van der Waals surface area contributed by atoms with Gasteiger partial charge in [0.25, 0.3) is 5.91 Å². The van der Waals surface area contributed by atoms with E-state index in [0.717, 1.165) is 11.6 Å². The largest absolute Gasteiger partial charge is 0.345 e. The van der Waals surface area contributed by atoms with Crippen molar-refractivity contribution in [1.82, 2.24) is 10.3 Å². The van der Waals surface area contributed by atoms with E-state index >= 15 is 0 Å². The molecule has 0 aliphatic carbocycles. The Labute approximate surface area is 115 Å². The van der Waals surface area contributed by atoms with Crippen LogP contribution in [0.25, 0.3) is 0 Å². The van der Waals surface area contributed by atoms with E-state index in [1.54, 1.807) is 24.5 Å². The molecule has 0 saturated carbocycles. The summed E-state index contributed by atoms with van der Waals surface area (Å²) in [6.45, 7) is 1.82. The molecule has 1 aromatic carbocycles. The van der Waals surface area contributed by atoms with Crippen molar-refractivity contribution in [3.63, 3.8) is 0 Å². The van der Waals surface area contributed by atoms with Crippen LogP contribution >= 0.6 is 11.6 Å². The first-order valence-corrected chi connectivity index (χ1v) is 6.11. The van der Waals surface area contributed by atoms with Crippen LogP contribution in [0.4, 0.5) is 4.39 Å². The monoisotopic (exact) mass is 278 g/mol. The van der Waals surface area contributed by atoms with E-state index in [2.05, 4.69) is 10.3 Å². The predicted octanol–water partition coefficient (Wildman–Crippen LogP) is 3.37. The number of rotatable bonds is 3. The number of hydrogen-bond acceptors (Lipinski definition) is 2. The van der Waals surface area contributed by atoms with Crippen molar-refractivity contribution in [2.75, 3.05) is 0 Å². The molecule has 0 spiro atoms. The highest BCUT2D eigenvalue weighted by atomic mass is 35.5. The van der Waals surface area contributed by atoms with Gasteiger partial charge in [-0.15, -0.1) is 0 Å². The third kappa shape index (κ3) is 3.29. The Morgan fingerprint density at radius 3 is 2.63 bits per heavy atom. The Morgan fingerprint density at radius 2 is 2.00 bits per heavy atom. The Balaban J connectivity index is 2.13. The molecule has 0 saturated heterocycles. The minimum Gasteiger partial charge on any atom is -0.345 e. The van der Waals surface area contributed by atoms with Crippen molar-refractivity contribution < 1.29 is 9.18 Å². The quantitative estimate of drug-likeness (QED) is 0.935. The van der Waals surface area contributed by atoms with Crippen LogP contribution in [0.15, 0.2) is 42.7 Å². The first-order chi connectivity index (χ1) is 9.08. The van der Waals surface area contributed by atoms with Gasteiger partial charge < -0.3 is 5.32 Å². The fraction of sp³-hybridized carbons (Fsp3) is 0.143. The summed E-state index contributed by atoms with van der Waals surface area (Å²) >= 11 is 5.64. The molecule has 2 rings (SSSR count). The topological polar surface area (TPSA) is 42.0 Å². The summed E-state index contributed by atoms with van der Waals surface area (Å²) in [5.74, 6) is -1.11. The van der Waals surface area contributed by atoms with Crippen molar-refractivity contribution in [3.05, 3.63) is 64.7 Å². The molecule has 2 aromatic rings. The molecule has 98 valence electrons. The molecule has 1 amide bonds. The molecule has 1 aromatic heterocycles. The normalized spacial score (nSPS) is 11.9. The summed E-state index contributed by atoms with van der Waals surface area (Å²) in [6.07, 6.45) is 3.28. The number of benzene rings is 1. The van der Waals surface area contributed by atoms with Gasteiger partial charge in [-0.1, -0.05) is 11.6 Å². The summed E-state index contributed by atoms with van der Waals surface area (Å²) < 4.78 is 13.6. The molecule has 1 atom stereocenters. The second kappa shape index (κ2) is 5.80. The van der Waals surface area contributed by atoms with Gasteiger partial charge >= 0.3 is 0 Å². The van der Waals surface area contributed by atoms with Gasteiger partial charge in [0, 0.05) is 17.4 Å². The van der Waals surface area contributed by atoms with E-state index in [9.17, 15) is 9.18 Å². The predicted molar refractivity (Wildman–Crippen MR) is 71.5 cm³/mol. The van der Waals surface area contributed by atoms with Crippen molar-refractivity contribution in [2.24, 2.45) is 0 Å². The van der Waals surface area contributed by atoms with Crippen LogP contribution in [0.2, 0.25) is 5.02 Å². The fourth-order valence-electron chi connectivity index (χ4n) is 1.68. The maximum Gasteiger partial charge on any atom is 0.254 e. The SMILES string of the molecule is C[C@@H](NC(=O)c1ccc(Cl)cc1F)c1ccncc1. The molecular formula is C14H12ClFN2O. The first kappa shape index (κ1) is 13.5. The number of amides is 1. The summed E-state index contributed by atoms with van der Waals surface area (Å²) in [5, 5.41) is 2.98. The average molecular weight is 279 g/mol. The molecule has 19 heavy (non-hydrogen) atoms. The highest BCUT2D eigenvalue weighted by Crippen LogP contribution is 2.16. The highest BCUT2D eigenvalue weighted by Gasteiger charge is 2.15. The standard InChI is InChI=1S/C14H12ClFN2O/c1-9(10-4-6-17-7-5-10)18-14(19)12-3-2-11(15)8-13(12)16/h2-9H,1H3,(H,18,19)/t9-/m1/s1. The van der Waals surface area contributed by atoms with Gasteiger partial charge in [-0.05, 0) is 42.8 Å².